The molecule has 0 saturated carbocycles. The Morgan fingerprint density at radius 3 is 2.47 bits per heavy atom. The summed E-state index contributed by atoms with van der Waals surface area (Å²) in [5.74, 6) is -1.05. The molecule has 0 radical (unpaired) electrons. The van der Waals surface area contributed by atoms with Gasteiger partial charge in [0.05, 0.1) is 19.7 Å². The van der Waals surface area contributed by atoms with E-state index in [4.69, 9.17) is 5.11 Å². The fourth-order valence-electron chi connectivity index (χ4n) is 0.917. The SMILES string of the molecule is CC(=O)NCC(=O)N(CCO)CC(F)F. The summed E-state index contributed by atoms with van der Waals surface area (Å²) in [6, 6.07) is 0. The molecule has 0 spiro atoms. The predicted octanol–water partition coefficient (Wildman–Crippen LogP) is -0.792. The maximum absolute atomic E-state index is 12.0. The largest absolute Gasteiger partial charge is 0.395 e. The van der Waals surface area contributed by atoms with Gasteiger partial charge in [-0.1, -0.05) is 0 Å². The van der Waals surface area contributed by atoms with Crippen LogP contribution in [-0.4, -0.2) is 54.5 Å². The number of rotatable bonds is 6. The molecule has 0 saturated heterocycles. The first-order chi connectivity index (χ1) is 6.97. The van der Waals surface area contributed by atoms with E-state index in [0.29, 0.717) is 0 Å². The van der Waals surface area contributed by atoms with Crippen molar-refractivity contribution < 1.29 is 23.5 Å². The standard InChI is InChI=1S/C8H14F2N2O3/c1-6(14)11-4-8(15)12(2-3-13)5-7(9)10/h7,13H,2-5H2,1H3,(H,11,14). The van der Waals surface area contributed by atoms with E-state index in [0.717, 1.165) is 4.90 Å². The highest BCUT2D eigenvalue weighted by Gasteiger charge is 2.17. The van der Waals surface area contributed by atoms with Crippen molar-refractivity contribution in [1.82, 2.24) is 10.2 Å². The molecule has 88 valence electrons. The highest BCUT2D eigenvalue weighted by Crippen LogP contribution is 1.98. The minimum atomic E-state index is -2.65. The fraction of sp³-hybridized carbons (Fsp3) is 0.750. The zero-order valence-electron chi connectivity index (χ0n) is 8.37. The van der Waals surface area contributed by atoms with Gasteiger partial charge in [0, 0.05) is 13.5 Å². The van der Waals surface area contributed by atoms with Crippen LogP contribution in [0.1, 0.15) is 6.92 Å². The highest BCUT2D eigenvalue weighted by atomic mass is 19.3. The van der Waals surface area contributed by atoms with E-state index < -0.39 is 31.4 Å². The summed E-state index contributed by atoms with van der Waals surface area (Å²) in [5, 5.41) is 10.8. The molecule has 5 nitrogen and oxygen atoms in total. The molecule has 15 heavy (non-hydrogen) atoms. The van der Waals surface area contributed by atoms with Gasteiger partial charge in [-0.15, -0.1) is 0 Å². The first-order valence-electron chi connectivity index (χ1n) is 4.38. The molecule has 0 aromatic carbocycles. The van der Waals surface area contributed by atoms with Gasteiger partial charge in [0.15, 0.2) is 0 Å². The maximum atomic E-state index is 12.0. The smallest absolute Gasteiger partial charge is 0.255 e. The molecule has 2 N–H and O–H groups in total. The Balaban J connectivity index is 4.09. The zero-order chi connectivity index (χ0) is 11.8. The van der Waals surface area contributed by atoms with Crippen LogP contribution in [0.15, 0.2) is 0 Å². The Kier molecular flexibility index (Phi) is 6.52. The van der Waals surface area contributed by atoms with E-state index >= 15 is 0 Å². The molecule has 0 aliphatic carbocycles. The van der Waals surface area contributed by atoms with Crippen LogP contribution in [0.3, 0.4) is 0 Å². The second kappa shape index (κ2) is 7.10. The third kappa shape index (κ3) is 6.78. The van der Waals surface area contributed by atoms with Crippen LogP contribution in [0.4, 0.5) is 8.78 Å². The number of carbonyl (C=O) groups is 2. The number of nitrogens with zero attached hydrogens (tertiary/aromatic N) is 1. The third-order valence-corrected chi connectivity index (χ3v) is 1.57. The average Bonchev–Trinajstić information content (AvgIpc) is 2.12. The first-order valence-corrected chi connectivity index (χ1v) is 4.38. The van der Waals surface area contributed by atoms with Crippen LogP contribution in [0.5, 0.6) is 0 Å². The Hall–Kier alpha value is -1.24. The van der Waals surface area contributed by atoms with Crippen molar-refractivity contribution in [3.63, 3.8) is 0 Å². The summed E-state index contributed by atoms with van der Waals surface area (Å²) < 4.78 is 24.0. The third-order valence-electron chi connectivity index (χ3n) is 1.57. The molecule has 7 heteroatoms. The van der Waals surface area contributed by atoms with Gasteiger partial charge in [0.2, 0.25) is 11.8 Å². The molecule has 0 rings (SSSR count). The Morgan fingerprint density at radius 1 is 1.47 bits per heavy atom. The number of hydrogen-bond acceptors (Lipinski definition) is 3. The van der Waals surface area contributed by atoms with Crippen LogP contribution in [0, 0.1) is 0 Å². The topological polar surface area (TPSA) is 69.6 Å². The Bertz CT molecular complexity index is 224. The molecule has 0 aliphatic rings. The quantitative estimate of drug-likeness (QED) is 0.621. The predicted molar refractivity (Wildman–Crippen MR) is 48.4 cm³/mol. The minimum absolute atomic E-state index is 0.164. The van der Waals surface area contributed by atoms with Crippen molar-refractivity contribution >= 4 is 11.8 Å². The van der Waals surface area contributed by atoms with Gasteiger partial charge in [-0.25, -0.2) is 8.78 Å². The second-order valence-corrected chi connectivity index (χ2v) is 2.86. The molecule has 0 fully saturated rings. The summed E-state index contributed by atoms with van der Waals surface area (Å²) in [5.41, 5.74) is 0. The van der Waals surface area contributed by atoms with Crippen molar-refractivity contribution in [2.45, 2.75) is 13.3 Å². The number of halogens is 2. The van der Waals surface area contributed by atoms with Gasteiger partial charge in [-0.3, -0.25) is 9.59 Å². The molecule has 0 bridgehead atoms. The lowest BCUT2D eigenvalue weighted by Crippen LogP contribution is -2.43. The van der Waals surface area contributed by atoms with Crippen LogP contribution in [0.2, 0.25) is 0 Å². The molecule has 0 atom stereocenters. The lowest BCUT2D eigenvalue weighted by atomic mass is 10.4. The molecule has 0 aromatic rings. The normalized spacial score (nSPS) is 10.2. The van der Waals surface area contributed by atoms with E-state index in [1.54, 1.807) is 0 Å². The summed E-state index contributed by atoms with van der Waals surface area (Å²) in [4.78, 5) is 22.5. The lowest BCUT2D eigenvalue weighted by Gasteiger charge is -2.21. The van der Waals surface area contributed by atoms with Crippen LogP contribution in [0.25, 0.3) is 0 Å². The number of amides is 2. The van der Waals surface area contributed by atoms with Crippen LogP contribution >= 0.6 is 0 Å². The molecule has 0 aromatic heterocycles. The lowest BCUT2D eigenvalue weighted by molar-refractivity contribution is -0.134. The van der Waals surface area contributed by atoms with E-state index in [2.05, 4.69) is 5.32 Å². The molecule has 0 aliphatic heterocycles. The number of hydrogen-bond donors (Lipinski definition) is 2. The molecular weight excluding hydrogens is 210 g/mol. The summed E-state index contributed by atoms with van der Waals surface area (Å²) in [6.07, 6.45) is -2.65. The van der Waals surface area contributed by atoms with E-state index in [-0.39, 0.29) is 13.1 Å². The van der Waals surface area contributed by atoms with Crippen molar-refractivity contribution in [2.24, 2.45) is 0 Å². The molecule has 0 heterocycles. The molecular formula is C8H14F2N2O3. The Morgan fingerprint density at radius 2 is 2.07 bits per heavy atom. The Labute approximate surface area is 86.1 Å². The summed E-state index contributed by atoms with van der Waals surface area (Å²) in [6.45, 7) is -0.404. The van der Waals surface area contributed by atoms with Crippen molar-refractivity contribution in [3.05, 3.63) is 0 Å². The number of aliphatic hydroxyl groups is 1. The van der Waals surface area contributed by atoms with Gasteiger partial charge in [0.1, 0.15) is 0 Å². The van der Waals surface area contributed by atoms with Gasteiger partial charge in [-0.05, 0) is 0 Å². The minimum Gasteiger partial charge on any atom is -0.395 e. The van der Waals surface area contributed by atoms with Crippen molar-refractivity contribution in [2.75, 3.05) is 26.2 Å². The van der Waals surface area contributed by atoms with Gasteiger partial charge in [-0.2, -0.15) is 0 Å². The molecule has 2 amide bonds. The van der Waals surface area contributed by atoms with Crippen LogP contribution < -0.4 is 5.32 Å². The number of nitrogens with one attached hydrogen (secondary N) is 1. The number of aliphatic hydroxyl groups excluding tert-OH is 1. The summed E-state index contributed by atoms with van der Waals surface area (Å²) in [7, 11) is 0. The zero-order valence-corrected chi connectivity index (χ0v) is 8.37. The monoisotopic (exact) mass is 224 g/mol. The average molecular weight is 224 g/mol. The van der Waals surface area contributed by atoms with Gasteiger partial charge in [0.25, 0.3) is 6.43 Å². The van der Waals surface area contributed by atoms with Gasteiger partial charge >= 0.3 is 0 Å². The van der Waals surface area contributed by atoms with E-state index in [1.807, 2.05) is 0 Å². The van der Waals surface area contributed by atoms with Crippen molar-refractivity contribution in [1.29, 1.82) is 0 Å². The maximum Gasteiger partial charge on any atom is 0.255 e. The van der Waals surface area contributed by atoms with E-state index in [9.17, 15) is 18.4 Å². The molecule has 0 unspecified atom stereocenters. The van der Waals surface area contributed by atoms with Gasteiger partial charge < -0.3 is 15.3 Å². The fourth-order valence-corrected chi connectivity index (χ4v) is 0.917. The second-order valence-electron chi connectivity index (χ2n) is 2.86. The number of carbonyl (C=O) groups excluding carboxylic acids is 2. The van der Waals surface area contributed by atoms with E-state index in [1.165, 1.54) is 6.92 Å². The highest BCUT2D eigenvalue weighted by molar-refractivity contribution is 5.83. The first kappa shape index (κ1) is 13.8. The summed E-state index contributed by atoms with van der Waals surface area (Å²) >= 11 is 0. The number of alkyl halides is 2. The van der Waals surface area contributed by atoms with Crippen molar-refractivity contribution in [3.8, 4) is 0 Å². The van der Waals surface area contributed by atoms with Crippen LogP contribution in [-0.2, 0) is 9.59 Å².